The maximum Gasteiger partial charge on any atom is 0.0162 e. The zero-order chi connectivity index (χ0) is 36.3. The van der Waals surface area contributed by atoms with Crippen LogP contribution in [0.5, 0.6) is 0 Å². The minimum Gasteiger partial charge on any atom is -0.0622 e. The fraction of sp³-hybridized carbons (Fsp3) is 0.111. The van der Waals surface area contributed by atoms with Crippen molar-refractivity contribution in [1.29, 1.82) is 0 Å². The maximum absolute atomic E-state index is 2.50. The molecule has 54 heavy (non-hydrogen) atoms. The fourth-order valence-corrected chi connectivity index (χ4v) is 10.4. The lowest BCUT2D eigenvalue weighted by molar-refractivity contribution is 0.601. The predicted molar refractivity (Wildman–Crippen MR) is 230 cm³/mol. The summed E-state index contributed by atoms with van der Waals surface area (Å²) in [5, 5.41) is 7.68. The van der Waals surface area contributed by atoms with E-state index < -0.39 is 0 Å². The standard InChI is InChI=1S/C54H40/c1-53(2)47-25-15-14-20-38(47)45-30-31-46-39-27-26-34(32-48(39)54(3,4)52(46)51(45)53)35-28-29-44(37-19-9-8-18-36(35)37)50-42-23-12-10-21-40(42)49(33-16-6-5-7-17-33)41-22-11-13-24-43(41)50/h5-32H,1-4H3. The minimum atomic E-state index is -0.139. The Morgan fingerprint density at radius 2 is 0.704 bits per heavy atom. The number of benzene rings is 9. The molecule has 0 bridgehead atoms. The van der Waals surface area contributed by atoms with Crippen LogP contribution in [-0.2, 0) is 10.8 Å². The summed E-state index contributed by atoms with van der Waals surface area (Å²) in [6.45, 7) is 9.71. The summed E-state index contributed by atoms with van der Waals surface area (Å²) in [5.41, 5.74) is 18.8. The Balaban J connectivity index is 1.10. The minimum absolute atomic E-state index is 0.0565. The van der Waals surface area contributed by atoms with Gasteiger partial charge in [0.15, 0.2) is 0 Å². The molecular formula is C54H40. The Morgan fingerprint density at radius 1 is 0.278 bits per heavy atom. The molecule has 0 amide bonds. The highest BCUT2D eigenvalue weighted by Crippen LogP contribution is 2.59. The summed E-state index contributed by atoms with van der Waals surface area (Å²) in [4.78, 5) is 0. The van der Waals surface area contributed by atoms with E-state index in [1.165, 1.54) is 110 Å². The monoisotopic (exact) mass is 688 g/mol. The van der Waals surface area contributed by atoms with E-state index >= 15 is 0 Å². The van der Waals surface area contributed by atoms with Crippen LogP contribution >= 0.6 is 0 Å². The van der Waals surface area contributed by atoms with Crippen molar-refractivity contribution in [2.45, 2.75) is 38.5 Å². The summed E-state index contributed by atoms with van der Waals surface area (Å²) < 4.78 is 0. The van der Waals surface area contributed by atoms with Crippen LogP contribution in [-0.4, -0.2) is 0 Å². The van der Waals surface area contributed by atoms with Crippen molar-refractivity contribution in [3.63, 3.8) is 0 Å². The first-order valence-corrected chi connectivity index (χ1v) is 19.3. The molecule has 2 aliphatic rings. The van der Waals surface area contributed by atoms with Crippen LogP contribution in [0, 0.1) is 0 Å². The lowest BCUT2D eigenvalue weighted by Gasteiger charge is -2.30. The van der Waals surface area contributed by atoms with Crippen molar-refractivity contribution >= 4 is 32.3 Å². The Hall–Kier alpha value is -6.24. The number of hydrogen-bond acceptors (Lipinski definition) is 0. The molecule has 256 valence electrons. The Kier molecular flexibility index (Phi) is 6.46. The molecule has 0 nitrogen and oxygen atoms in total. The maximum atomic E-state index is 2.50. The summed E-state index contributed by atoms with van der Waals surface area (Å²) in [5.74, 6) is 0. The highest BCUT2D eigenvalue weighted by atomic mass is 14.5. The van der Waals surface area contributed by atoms with E-state index in [-0.39, 0.29) is 10.8 Å². The summed E-state index contributed by atoms with van der Waals surface area (Å²) in [6.07, 6.45) is 0. The average Bonchev–Trinajstić information content (AvgIpc) is 3.59. The Morgan fingerprint density at radius 3 is 1.33 bits per heavy atom. The highest BCUT2D eigenvalue weighted by Gasteiger charge is 2.45. The first kappa shape index (κ1) is 31.3. The van der Waals surface area contributed by atoms with Gasteiger partial charge in [0.05, 0.1) is 0 Å². The van der Waals surface area contributed by atoms with Crippen molar-refractivity contribution in [3.05, 3.63) is 192 Å². The lowest BCUT2D eigenvalue weighted by Crippen LogP contribution is -2.24. The van der Waals surface area contributed by atoms with Crippen molar-refractivity contribution in [2.75, 3.05) is 0 Å². The van der Waals surface area contributed by atoms with Gasteiger partial charge in [0.1, 0.15) is 0 Å². The molecular weight excluding hydrogens is 649 g/mol. The van der Waals surface area contributed by atoms with Crippen LogP contribution in [0.25, 0.3) is 88.0 Å². The van der Waals surface area contributed by atoms with Crippen molar-refractivity contribution in [2.24, 2.45) is 0 Å². The Bertz CT molecular complexity index is 2970. The molecule has 0 N–H and O–H groups in total. The van der Waals surface area contributed by atoms with Gasteiger partial charge in [-0.3, -0.25) is 0 Å². The van der Waals surface area contributed by atoms with Crippen molar-refractivity contribution in [1.82, 2.24) is 0 Å². The van der Waals surface area contributed by atoms with E-state index in [1.807, 2.05) is 0 Å². The molecule has 0 heterocycles. The third-order valence-corrected chi connectivity index (χ3v) is 12.8. The van der Waals surface area contributed by atoms with Crippen LogP contribution in [0.3, 0.4) is 0 Å². The van der Waals surface area contributed by atoms with Gasteiger partial charge in [-0.2, -0.15) is 0 Å². The second kappa shape index (κ2) is 11.1. The zero-order valence-corrected chi connectivity index (χ0v) is 31.2. The van der Waals surface area contributed by atoms with E-state index in [1.54, 1.807) is 0 Å². The van der Waals surface area contributed by atoms with E-state index in [0.29, 0.717) is 0 Å². The van der Waals surface area contributed by atoms with Gasteiger partial charge < -0.3 is 0 Å². The Labute approximate surface area is 317 Å². The van der Waals surface area contributed by atoms with E-state index in [0.717, 1.165) is 0 Å². The van der Waals surface area contributed by atoms with Gasteiger partial charge >= 0.3 is 0 Å². The second-order valence-corrected chi connectivity index (χ2v) is 16.4. The van der Waals surface area contributed by atoms with Gasteiger partial charge in [-0.25, -0.2) is 0 Å². The van der Waals surface area contributed by atoms with Crippen molar-refractivity contribution in [3.8, 4) is 55.6 Å². The van der Waals surface area contributed by atoms with Gasteiger partial charge in [-0.05, 0) is 116 Å². The van der Waals surface area contributed by atoms with Gasteiger partial charge in [0, 0.05) is 10.8 Å². The summed E-state index contributed by atoms with van der Waals surface area (Å²) in [6, 6.07) is 63.6. The van der Waals surface area contributed by atoms with Gasteiger partial charge in [0.25, 0.3) is 0 Å². The molecule has 11 rings (SSSR count). The smallest absolute Gasteiger partial charge is 0.0162 e. The topological polar surface area (TPSA) is 0 Å². The van der Waals surface area contributed by atoms with E-state index in [9.17, 15) is 0 Å². The number of rotatable bonds is 3. The molecule has 0 radical (unpaired) electrons. The highest BCUT2D eigenvalue weighted by molar-refractivity contribution is 6.24. The fourth-order valence-electron chi connectivity index (χ4n) is 10.4. The third kappa shape index (κ3) is 4.14. The van der Waals surface area contributed by atoms with Crippen LogP contribution < -0.4 is 0 Å². The number of fused-ring (bicyclic) bond motifs is 10. The molecule has 0 aromatic heterocycles. The summed E-state index contributed by atoms with van der Waals surface area (Å²) >= 11 is 0. The van der Waals surface area contributed by atoms with Gasteiger partial charge in [0.2, 0.25) is 0 Å². The molecule has 0 aliphatic heterocycles. The molecule has 0 fully saturated rings. The first-order valence-electron chi connectivity index (χ1n) is 19.3. The molecule has 0 spiro atoms. The van der Waals surface area contributed by atoms with Crippen LogP contribution in [0.1, 0.15) is 49.9 Å². The zero-order valence-electron chi connectivity index (χ0n) is 31.2. The van der Waals surface area contributed by atoms with E-state index in [4.69, 9.17) is 0 Å². The summed E-state index contributed by atoms with van der Waals surface area (Å²) in [7, 11) is 0. The van der Waals surface area contributed by atoms with Gasteiger partial charge in [-0.15, -0.1) is 0 Å². The predicted octanol–water partition coefficient (Wildman–Crippen LogP) is 14.8. The lowest BCUT2D eigenvalue weighted by atomic mass is 9.72. The molecule has 0 atom stereocenters. The van der Waals surface area contributed by atoms with E-state index in [2.05, 4.69) is 198 Å². The van der Waals surface area contributed by atoms with Crippen molar-refractivity contribution < 1.29 is 0 Å². The van der Waals surface area contributed by atoms with Gasteiger partial charge in [-0.1, -0.05) is 191 Å². The van der Waals surface area contributed by atoms with Crippen LogP contribution in [0.4, 0.5) is 0 Å². The third-order valence-electron chi connectivity index (χ3n) is 12.8. The quantitative estimate of drug-likeness (QED) is 0.162. The molecule has 9 aromatic rings. The van der Waals surface area contributed by atoms with Crippen LogP contribution in [0.2, 0.25) is 0 Å². The molecule has 2 aliphatic carbocycles. The molecule has 0 unspecified atom stereocenters. The number of hydrogen-bond donors (Lipinski definition) is 0. The van der Waals surface area contributed by atoms with Crippen LogP contribution in [0.15, 0.2) is 170 Å². The first-order chi connectivity index (χ1) is 26.3. The SMILES string of the molecule is CC1(C)c2ccccc2-c2ccc3c(c21)C(C)(C)c1cc(-c2ccc(-c4c5ccccc5c(-c5ccccc5)c5ccccc45)c4ccccc24)ccc1-3. The molecule has 9 aromatic carbocycles. The largest absolute Gasteiger partial charge is 0.0622 e. The average molecular weight is 689 g/mol. The normalized spacial score (nSPS) is 14.6. The molecule has 0 heteroatoms. The molecule has 0 saturated heterocycles. The second-order valence-electron chi connectivity index (χ2n) is 16.4. The molecule has 0 saturated carbocycles.